The molecule has 0 aromatic heterocycles. The molecule has 0 radical (unpaired) electrons. The number of halogens is 2. The minimum Gasteiger partial charge on any atom is -0.311 e. The highest BCUT2D eigenvalue weighted by atomic mass is 79.9. The molecule has 2 unspecified atom stereocenters. The van der Waals surface area contributed by atoms with Crippen molar-refractivity contribution in [1.82, 2.24) is 5.32 Å². The molecule has 0 spiro atoms. The first-order valence-corrected chi connectivity index (χ1v) is 7.10. The lowest BCUT2D eigenvalue weighted by Crippen LogP contribution is -2.41. The van der Waals surface area contributed by atoms with E-state index in [0.717, 1.165) is 12.8 Å². The molecule has 0 bridgehead atoms. The van der Waals surface area contributed by atoms with Crippen LogP contribution in [0.25, 0.3) is 0 Å². The molecule has 1 fully saturated rings. The zero-order chi connectivity index (χ0) is 13.1. The lowest BCUT2D eigenvalue weighted by Gasteiger charge is -2.28. The largest absolute Gasteiger partial charge is 0.311 e. The first-order valence-electron chi connectivity index (χ1n) is 6.30. The van der Waals surface area contributed by atoms with Crippen molar-refractivity contribution in [1.29, 1.82) is 0 Å². The smallest absolute Gasteiger partial charge is 0.165 e. The molecule has 0 aliphatic carbocycles. The quantitative estimate of drug-likeness (QED) is 0.862. The van der Waals surface area contributed by atoms with Crippen LogP contribution in [0.1, 0.15) is 43.0 Å². The summed E-state index contributed by atoms with van der Waals surface area (Å²) in [6.45, 7) is 2.14. The predicted molar refractivity (Wildman–Crippen MR) is 73.3 cm³/mol. The lowest BCUT2D eigenvalue weighted by atomic mass is 9.94. The Morgan fingerprint density at radius 3 is 2.94 bits per heavy atom. The van der Waals surface area contributed by atoms with E-state index in [1.807, 2.05) is 0 Å². The van der Waals surface area contributed by atoms with Crippen LogP contribution in [-0.2, 0) is 0 Å². The first-order chi connectivity index (χ1) is 8.56. The summed E-state index contributed by atoms with van der Waals surface area (Å²) < 4.78 is 13.5. The number of benzene rings is 1. The molecule has 0 saturated carbocycles. The van der Waals surface area contributed by atoms with Gasteiger partial charge in [0.15, 0.2) is 5.78 Å². The third kappa shape index (κ3) is 3.39. The number of piperidine rings is 1. The summed E-state index contributed by atoms with van der Waals surface area (Å²) in [7, 11) is 0. The average Bonchev–Trinajstić information content (AvgIpc) is 2.28. The minimum absolute atomic E-state index is 0.0634. The SMILES string of the molecule is CC1CCCC(CC(=O)c2ccc(F)cc2Br)N1. The maximum Gasteiger partial charge on any atom is 0.165 e. The number of nitrogens with one attached hydrogen (secondary N) is 1. The maximum absolute atomic E-state index is 13.0. The van der Waals surface area contributed by atoms with Gasteiger partial charge in [-0.25, -0.2) is 4.39 Å². The molecule has 2 atom stereocenters. The van der Waals surface area contributed by atoms with Gasteiger partial charge in [0.25, 0.3) is 0 Å². The van der Waals surface area contributed by atoms with Crippen LogP contribution >= 0.6 is 15.9 Å². The number of hydrogen-bond donors (Lipinski definition) is 1. The van der Waals surface area contributed by atoms with Crippen molar-refractivity contribution >= 4 is 21.7 Å². The zero-order valence-electron chi connectivity index (χ0n) is 10.4. The van der Waals surface area contributed by atoms with Crippen molar-refractivity contribution in [2.24, 2.45) is 0 Å². The molecule has 4 heteroatoms. The molecule has 1 aromatic rings. The number of carbonyl (C=O) groups is 1. The summed E-state index contributed by atoms with van der Waals surface area (Å²) in [5.74, 6) is -0.267. The molecule has 18 heavy (non-hydrogen) atoms. The summed E-state index contributed by atoms with van der Waals surface area (Å²) >= 11 is 3.24. The van der Waals surface area contributed by atoms with Gasteiger partial charge in [0, 0.05) is 28.5 Å². The number of ketones is 1. The molecule has 98 valence electrons. The van der Waals surface area contributed by atoms with Gasteiger partial charge in [-0.05, 0) is 53.9 Å². The fraction of sp³-hybridized carbons (Fsp3) is 0.500. The van der Waals surface area contributed by atoms with Gasteiger partial charge in [-0.2, -0.15) is 0 Å². The Morgan fingerprint density at radius 1 is 1.50 bits per heavy atom. The Kier molecular flexibility index (Phi) is 4.51. The molecule has 1 saturated heterocycles. The van der Waals surface area contributed by atoms with Crippen LogP contribution in [0.2, 0.25) is 0 Å². The van der Waals surface area contributed by atoms with Gasteiger partial charge in [0.05, 0.1) is 0 Å². The first kappa shape index (κ1) is 13.7. The Morgan fingerprint density at radius 2 is 2.28 bits per heavy atom. The van der Waals surface area contributed by atoms with Gasteiger partial charge in [-0.3, -0.25) is 4.79 Å². The van der Waals surface area contributed by atoms with Crippen molar-refractivity contribution in [3.8, 4) is 0 Å². The van der Waals surface area contributed by atoms with Gasteiger partial charge in [-0.15, -0.1) is 0 Å². The van der Waals surface area contributed by atoms with E-state index in [4.69, 9.17) is 0 Å². The van der Waals surface area contributed by atoms with E-state index in [9.17, 15) is 9.18 Å². The van der Waals surface area contributed by atoms with Crippen LogP contribution in [0.5, 0.6) is 0 Å². The molecule has 2 rings (SSSR count). The van der Waals surface area contributed by atoms with Crippen LogP contribution in [0.15, 0.2) is 22.7 Å². The number of carbonyl (C=O) groups excluding carboxylic acids is 1. The highest BCUT2D eigenvalue weighted by Gasteiger charge is 2.21. The molecular weight excluding hydrogens is 297 g/mol. The van der Waals surface area contributed by atoms with Gasteiger partial charge in [0.1, 0.15) is 5.82 Å². The highest BCUT2D eigenvalue weighted by molar-refractivity contribution is 9.10. The fourth-order valence-corrected chi connectivity index (χ4v) is 3.02. The van der Waals surface area contributed by atoms with E-state index in [1.54, 1.807) is 6.07 Å². The van der Waals surface area contributed by atoms with E-state index >= 15 is 0 Å². The Bertz CT molecular complexity index is 449. The third-order valence-corrected chi connectivity index (χ3v) is 4.03. The van der Waals surface area contributed by atoms with Crippen LogP contribution in [0, 0.1) is 5.82 Å². The number of Topliss-reactive ketones (excluding diaryl/α,β-unsaturated/α-hetero) is 1. The van der Waals surface area contributed by atoms with Crippen LogP contribution in [0.4, 0.5) is 4.39 Å². The van der Waals surface area contributed by atoms with Crippen LogP contribution in [0.3, 0.4) is 0 Å². The van der Waals surface area contributed by atoms with Gasteiger partial charge in [-0.1, -0.05) is 6.42 Å². The summed E-state index contributed by atoms with van der Waals surface area (Å²) in [5, 5.41) is 3.44. The molecule has 2 nitrogen and oxygen atoms in total. The molecular formula is C14H17BrFNO. The number of rotatable bonds is 3. The Hall–Kier alpha value is -0.740. The van der Waals surface area contributed by atoms with Crippen molar-refractivity contribution in [2.45, 2.75) is 44.7 Å². The second-order valence-electron chi connectivity index (χ2n) is 4.95. The normalized spacial score (nSPS) is 23.9. The van der Waals surface area contributed by atoms with E-state index < -0.39 is 0 Å². The maximum atomic E-state index is 13.0. The zero-order valence-corrected chi connectivity index (χ0v) is 12.0. The van der Waals surface area contributed by atoms with Crippen molar-refractivity contribution in [3.05, 3.63) is 34.1 Å². The van der Waals surface area contributed by atoms with Gasteiger partial charge < -0.3 is 5.32 Å². The Balaban J connectivity index is 2.03. The summed E-state index contributed by atoms with van der Waals surface area (Å²) in [6.07, 6.45) is 3.85. The fourth-order valence-electron chi connectivity index (χ4n) is 2.45. The summed E-state index contributed by atoms with van der Waals surface area (Å²) in [5.41, 5.74) is 0.566. The van der Waals surface area contributed by atoms with E-state index in [2.05, 4.69) is 28.2 Å². The van der Waals surface area contributed by atoms with Crippen molar-refractivity contribution in [2.75, 3.05) is 0 Å². The molecule has 1 heterocycles. The predicted octanol–water partition coefficient (Wildman–Crippen LogP) is 3.69. The summed E-state index contributed by atoms with van der Waals surface area (Å²) in [6, 6.07) is 4.94. The van der Waals surface area contributed by atoms with E-state index in [0.29, 0.717) is 22.5 Å². The van der Waals surface area contributed by atoms with Gasteiger partial charge >= 0.3 is 0 Å². The minimum atomic E-state index is -0.331. The molecule has 1 aliphatic rings. The Labute approximate surface area is 115 Å². The topological polar surface area (TPSA) is 29.1 Å². The standard InChI is InChI=1S/C14H17BrFNO/c1-9-3-2-4-11(17-9)8-14(18)12-6-5-10(16)7-13(12)15/h5-7,9,11,17H,2-4,8H2,1H3. The summed E-state index contributed by atoms with van der Waals surface area (Å²) in [4.78, 5) is 12.2. The van der Waals surface area contributed by atoms with E-state index in [1.165, 1.54) is 18.6 Å². The molecule has 1 N–H and O–H groups in total. The van der Waals surface area contributed by atoms with E-state index in [-0.39, 0.29) is 17.6 Å². The number of hydrogen-bond acceptors (Lipinski definition) is 2. The second kappa shape index (κ2) is 5.93. The highest BCUT2D eigenvalue weighted by Crippen LogP contribution is 2.22. The van der Waals surface area contributed by atoms with Crippen molar-refractivity contribution < 1.29 is 9.18 Å². The average molecular weight is 314 g/mol. The molecule has 0 amide bonds. The third-order valence-electron chi connectivity index (χ3n) is 3.37. The molecule has 1 aromatic carbocycles. The second-order valence-corrected chi connectivity index (χ2v) is 5.80. The van der Waals surface area contributed by atoms with Gasteiger partial charge in [0.2, 0.25) is 0 Å². The monoisotopic (exact) mass is 313 g/mol. The molecule has 1 aliphatic heterocycles. The van der Waals surface area contributed by atoms with Crippen LogP contribution < -0.4 is 5.32 Å². The van der Waals surface area contributed by atoms with Crippen LogP contribution in [-0.4, -0.2) is 17.9 Å². The van der Waals surface area contributed by atoms with Crippen molar-refractivity contribution in [3.63, 3.8) is 0 Å². The lowest BCUT2D eigenvalue weighted by molar-refractivity contribution is 0.0959.